The lowest BCUT2D eigenvalue weighted by Crippen LogP contribution is -2.41. The van der Waals surface area contributed by atoms with Crippen molar-refractivity contribution >= 4 is 66.7 Å². The molecule has 9 rings (SSSR count). The number of fused-ring (bicyclic) bond motifs is 2. The second-order valence-electron chi connectivity index (χ2n) is 24.1. The van der Waals surface area contributed by atoms with E-state index in [1.807, 2.05) is 60.7 Å². The van der Waals surface area contributed by atoms with Crippen molar-refractivity contribution in [3.05, 3.63) is 118 Å². The number of carbonyl (C=O) groups is 4. The molecule has 7 aromatic carbocycles. The summed E-state index contributed by atoms with van der Waals surface area (Å²) in [4.78, 5) is 62.4. The highest BCUT2D eigenvalue weighted by atomic mass is 16.5. The van der Waals surface area contributed by atoms with Crippen LogP contribution in [0.3, 0.4) is 0 Å². The maximum Gasteiger partial charge on any atom is 0.261 e. The summed E-state index contributed by atoms with van der Waals surface area (Å²) in [6, 6.07) is 27.3. The number of rotatable bonds is 18. The smallest absolute Gasteiger partial charge is 0.261 e. The zero-order valence-electron chi connectivity index (χ0n) is 44.8. The van der Waals surface area contributed by atoms with Gasteiger partial charge in [0.2, 0.25) is 0 Å². The molecule has 0 fully saturated rings. The van der Waals surface area contributed by atoms with Crippen molar-refractivity contribution in [2.24, 2.45) is 23.7 Å². The standard InChI is InChI=1S/C64H74N2O6/c1-37(2)15-13-17-39(5)31-33-65-59(67)47-29-27-45-56-52(72-44-25-21-42(22-26-44)64(10,11)12)36-50-54-48(60(68)66(62(50)70)34-32-40(6)18-14-16-38(3)4)30-28-46(58(54)56)55-51(35-49(61(65)69)53(47)57(45)55)71-43-23-19-41(20-24-43)63(7,8)9/h19-30,35-40H,13-18,31-34H2,1-12H3. The van der Waals surface area contributed by atoms with E-state index in [9.17, 15) is 9.59 Å². The monoisotopic (exact) mass is 967 g/mol. The van der Waals surface area contributed by atoms with E-state index in [0.717, 1.165) is 60.4 Å². The molecule has 2 aliphatic rings. The van der Waals surface area contributed by atoms with Gasteiger partial charge in [-0.3, -0.25) is 29.0 Å². The van der Waals surface area contributed by atoms with E-state index in [0.29, 0.717) is 127 Å². The molecule has 376 valence electrons. The Morgan fingerprint density at radius 3 is 1.08 bits per heavy atom. The Labute approximate surface area is 426 Å². The molecule has 72 heavy (non-hydrogen) atoms. The van der Waals surface area contributed by atoms with Crippen molar-refractivity contribution < 1.29 is 28.7 Å². The van der Waals surface area contributed by atoms with Gasteiger partial charge in [0, 0.05) is 56.5 Å². The van der Waals surface area contributed by atoms with Crippen molar-refractivity contribution in [3.63, 3.8) is 0 Å². The molecule has 2 unspecified atom stereocenters. The first kappa shape index (κ1) is 50.7. The molecule has 0 bridgehead atoms. The maximum atomic E-state index is 15.0. The summed E-state index contributed by atoms with van der Waals surface area (Å²) in [6.07, 6.45) is 7.98. The molecule has 7 aromatic rings. The van der Waals surface area contributed by atoms with Crippen molar-refractivity contribution in [1.29, 1.82) is 0 Å². The fourth-order valence-electron chi connectivity index (χ4n) is 11.1. The van der Waals surface area contributed by atoms with Crippen LogP contribution in [0.4, 0.5) is 0 Å². The van der Waals surface area contributed by atoms with E-state index in [1.165, 1.54) is 9.80 Å². The Bertz CT molecular complexity index is 3000. The zero-order chi connectivity index (χ0) is 51.6. The number of amides is 4. The Morgan fingerprint density at radius 2 is 0.750 bits per heavy atom. The minimum absolute atomic E-state index is 0.0817. The van der Waals surface area contributed by atoms with Crippen LogP contribution in [0, 0.1) is 23.7 Å². The molecule has 0 saturated carbocycles. The molecule has 2 aliphatic heterocycles. The molecular weight excluding hydrogens is 893 g/mol. The zero-order valence-corrected chi connectivity index (χ0v) is 44.8. The Morgan fingerprint density at radius 1 is 0.403 bits per heavy atom. The van der Waals surface area contributed by atoms with Gasteiger partial charge in [-0.05, 0) is 118 Å². The van der Waals surface area contributed by atoms with Gasteiger partial charge in [0.25, 0.3) is 23.6 Å². The van der Waals surface area contributed by atoms with Gasteiger partial charge in [0.05, 0.1) is 11.1 Å². The van der Waals surface area contributed by atoms with Crippen molar-refractivity contribution in [1.82, 2.24) is 9.80 Å². The first-order chi connectivity index (χ1) is 34.1. The van der Waals surface area contributed by atoms with Crippen molar-refractivity contribution in [2.75, 3.05) is 13.1 Å². The number of hydrogen-bond acceptors (Lipinski definition) is 6. The number of benzene rings is 7. The van der Waals surface area contributed by atoms with E-state index in [4.69, 9.17) is 9.47 Å². The summed E-state index contributed by atoms with van der Waals surface area (Å²) in [5.41, 5.74) is 3.83. The molecule has 0 aliphatic carbocycles. The molecule has 8 heteroatoms. The van der Waals surface area contributed by atoms with Crippen molar-refractivity contribution in [2.45, 2.75) is 145 Å². The fourth-order valence-corrected chi connectivity index (χ4v) is 11.1. The molecule has 0 N–H and O–H groups in total. The van der Waals surface area contributed by atoms with Crippen LogP contribution in [0.5, 0.6) is 23.0 Å². The van der Waals surface area contributed by atoms with Gasteiger partial charge in [-0.25, -0.2) is 0 Å². The maximum absolute atomic E-state index is 15.0. The number of ether oxygens (including phenoxy) is 2. The summed E-state index contributed by atoms with van der Waals surface area (Å²) >= 11 is 0. The van der Waals surface area contributed by atoms with Gasteiger partial charge < -0.3 is 9.47 Å². The third-order valence-corrected chi connectivity index (χ3v) is 15.5. The van der Waals surface area contributed by atoms with Crippen LogP contribution in [0.25, 0.3) is 43.1 Å². The van der Waals surface area contributed by atoms with Gasteiger partial charge in [-0.1, -0.05) is 158 Å². The molecule has 0 radical (unpaired) electrons. The molecule has 2 heterocycles. The topological polar surface area (TPSA) is 93.2 Å². The SMILES string of the molecule is CC(C)CCCC(C)CCN1C(=O)c2ccc3c4c(Oc5ccc(C(C)(C)C)cc5)cc5c6c(ccc(c7c(Oc8ccc(C(C)(C)C)cc8)cc(c2c37)C1=O)c64)C(=O)N(CCC(C)CCCC(C)C)C5=O. The Hall–Kier alpha value is -6.28. The third-order valence-electron chi connectivity index (χ3n) is 15.5. The minimum atomic E-state index is -0.351. The number of nitrogens with zero attached hydrogens (tertiary/aromatic N) is 2. The summed E-state index contributed by atoms with van der Waals surface area (Å²) in [5.74, 6) is 2.65. The highest BCUT2D eigenvalue weighted by Crippen LogP contribution is 2.53. The van der Waals surface area contributed by atoms with E-state index in [2.05, 4.69) is 107 Å². The average Bonchev–Trinajstić information content (AvgIpc) is 3.32. The lowest BCUT2D eigenvalue weighted by Gasteiger charge is -2.32. The van der Waals surface area contributed by atoms with Crippen LogP contribution in [0.2, 0.25) is 0 Å². The van der Waals surface area contributed by atoms with Crippen LogP contribution in [0.1, 0.15) is 187 Å². The van der Waals surface area contributed by atoms with E-state index in [-0.39, 0.29) is 34.5 Å². The number of imide groups is 2. The van der Waals surface area contributed by atoms with Gasteiger partial charge in [0.1, 0.15) is 23.0 Å². The number of hydrogen-bond donors (Lipinski definition) is 0. The van der Waals surface area contributed by atoms with Crippen molar-refractivity contribution in [3.8, 4) is 23.0 Å². The molecule has 0 aromatic heterocycles. The predicted octanol–water partition coefficient (Wildman–Crippen LogP) is 16.8. The summed E-state index contributed by atoms with van der Waals surface area (Å²) in [7, 11) is 0. The normalized spacial score (nSPS) is 15.1. The second kappa shape index (κ2) is 19.6. The Balaban J connectivity index is 1.26. The van der Waals surface area contributed by atoms with Gasteiger partial charge in [-0.2, -0.15) is 0 Å². The molecular formula is C64H74N2O6. The summed E-state index contributed by atoms with van der Waals surface area (Å²) in [5, 5.41) is 5.34. The van der Waals surface area contributed by atoms with Crippen LogP contribution in [-0.2, 0) is 10.8 Å². The van der Waals surface area contributed by atoms with E-state index >= 15 is 9.59 Å². The highest BCUT2D eigenvalue weighted by molar-refractivity contribution is 6.43. The Kier molecular flexibility index (Phi) is 13.8. The quantitative estimate of drug-likeness (QED) is 0.0483. The molecule has 0 saturated heterocycles. The van der Waals surface area contributed by atoms with Gasteiger partial charge in [-0.15, -0.1) is 0 Å². The van der Waals surface area contributed by atoms with Gasteiger partial charge >= 0.3 is 0 Å². The predicted molar refractivity (Wildman–Crippen MR) is 294 cm³/mol. The first-order valence-electron chi connectivity index (χ1n) is 26.7. The molecule has 4 amide bonds. The lowest BCUT2D eigenvalue weighted by atomic mass is 9.81. The molecule has 0 spiro atoms. The van der Waals surface area contributed by atoms with Crippen LogP contribution in [-0.4, -0.2) is 46.5 Å². The fraction of sp³-hybridized carbons (Fsp3) is 0.438. The van der Waals surface area contributed by atoms with E-state index < -0.39 is 0 Å². The summed E-state index contributed by atoms with van der Waals surface area (Å²) < 4.78 is 14.0. The third kappa shape index (κ3) is 9.58. The minimum Gasteiger partial charge on any atom is -0.457 e. The summed E-state index contributed by atoms with van der Waals surface area (Å²) in [6.45, 7) is 27.0. The lowest BCUT2D eigenvalue weighted by molar-refractivity contribution is 0.0586. The van der Waals surface area contributed by atoms with Crippen LogP contribution in [0.15, 0.2) is 84.9 Å². The first-order valence-corrected chi connectivity index (χ1v) is 26.7. The average molecular weight is 967 g/mol. The van der Waals surface area contributed by atoms with Crippen LogP contribution >= 0.6 is 0 Å². The van der Waals surface area contributed by atoms with Gasteiger partial charge in [0.15, 0.2) is 0 Å². The number of carbonyl (C=O) groups excluding carboxylic acids is 4. The largest absolute Gasteiger partial charge is 0.457 e. The molecule has 8 nitrogen and oxygen atoms in total. The van der Waals surface area contributed by atoms with E-state index in [1.54, 1.807) is 0 Å². The second-order valence-corrected chi connectivity index (χ2v) is 24.1. The van der Waals surface area contributed by atoms with Crippen LogP contribution < -0.4 is 9.47 Å². The molecule has 2 atom stereocenters. The highest BCUT2D eigenvalue weighted by Gasteiger charge is 2.39.